The van der Waals surface area contributed by atoms with Crippen molar-refractivity contribution in [3.8, 4) is 0 Å². The molecule has 0 aromatic heterocycles. The van der Waals surface area contributed by atoms with E-state index in [9.17, 15) is 0 Å². The second kappa shape index (κ2) is 7.29. The third-order valence-electron chi connectivity index (χ3n) is 2.67. The number of rotatable bonds is 6. The van der Waals surface area contributed by atoms with E-state index in [-0.39, 0.29) is 0 Å². The smallest absolute Gasteiger partial charge is 0.141 e. The van der Waals surface area contributed by atoms with Crippen LogP contribution in [0.2, 0.25) is 0 Å². The van der Waals surface area contributed by atoms with Crippen LogP contribution in [-0.2, 0) is 0 Å². The van der Waals surface area contributed by atoms with E-state index >= 15 is 0 Å². The first-order valence-corrected chi connectivity index (χ1v) is 5.44. The molecule has 1 atom stereocenters. The van der Waals surface area contributed by atoms with Gasteiger partial charge in [-0.05, 0) is 37.9 Å². The molecule has 5 N–H and O–H groups in total. The van der Waals surface area contributed by atoms with Gasteiger partial charge >= 0.3 is 0 Å². The maximum absolute atomic E-state index is 5.96. The van der Waals surface area contributed by atoms with E-state index in [1.807, 2.05) is 7.05 Å². The van der Waals surface area contributed by atoms with E-state index in [4.69, 9.17) is 11.5 Å². The number of nitrogens with two attached hydrogens (primary N) is 2. The summed E-state index contributed by atoms with van der Waals surface area (Å²) in [6.07, 6.45) is 1.99. The minimum Gasteiger partial charge on any atom is -0.396 e. The molecule has 0 aliphatic rings. The van der Waals surface area contributed by atoms with Crippen molar-refractivity contribution in [2.45, 2.75) is 26.7 Å². The Morgan fingerprint density at radius 1 is 1.40 bits per heavy atom. The number of nitrogens with zero attached hydrogens (tertiary/aromatic N) is 1. The Hall–Kier alpha value is -1.03. The highest BCUT2D eigenvalue weighted by molar-refractivity contribution is 5.96. The first kappa shape index (κ1) is 14.0. The zero-order valence-electron chi connectivity index (χ0n) is 10.3. The van der Waals surface area contributed by atoms with Crippen molar-refractivity contribution in [3.63, 3.8) is 0 Å². The summed E-state index contributed by atoms with van der Waals surface area (Å²) in [6, 6.07) is 0. The van der Waals surface area contributed by atoms with Gasteiger partial charge in [-0.1, -0.05) is 13.8 Å². The van der Waals surface area contributed by atoms with Gasteiger partial charge in [-0.3, -0.25) is 4.99 Å². The van der Waals surface area contributed by atoms with Gasteiger partial charge in [-0.25, -0.2) is 0 Å². The molecule has 0 fully saturated rings. The lowest BCUT2D eigenvalue weighted by molar-refractivity contribution is 0.568. The summed E-state index contributed by atoms with van der Waals surface area (Å²) in [5.41, 5.74) is 13.5. The average Bonchev–Trinajstić information content (AvgIpc) is 2.25. The molecule has 4 nitrogen and oxygen atoms in total. The van der Waals surface area contributed by atoms with E-state index in [1.165, 1.54) is 5.57 Å². The normalized spacial score (nSPS) is 16.1. The maximum Gasteiger partial charge on any atom is 0.141 e. The van der Waals surface area contributed by atoms with Gasteiger partial charge in [0.05, 0.1) is 5.70 Å². The fourth-order valence-corrected chi connectivity index (χ4v) is 1.62. The van der Waals surface area contributed by atoms with Crippen molar-refractivity contribution in [2.24, 2.45) is 22.4 Å². The highest BCUT2D eigenvalue weighted by Crippen LogP contribution is 2.19. The van der Waals surface area contributed by atoms with E-state index in [0.717, 1.165) is 19.4 Å². The summed E-state index contributed by atoms with van der Waals surface area (Å²) in [5.74, 6) is 0.894. The molecule has 0 spiro atoms. The van der Waals surface area contributed by atoms with Crippen molar-refractivity contribution in [1.29, 1.82) is 0 Å². The Kier molecular flexibility index (Phi) is 6.79. The summed E-state index contributed by atoms with van der Waals surface area (Å²) in [4.78, 5) is 3.92. The lowest BCUT2D eigenvalue weighted by Crippen LogP contribution is -2.25. The summed E-state index contributed by atoms with van der Waals surface area (Å²) in [6.45, 7) is 5.26. The highest BCUT2D eigenvalue weighted by Gasteiger charge is 2.12. The number of hydrogen-bond donors (Lipinski definition) is 3. The third kappa shape index (κ3) is 4.34. The molecule has 0 aromatic rings. The van der Waals surface area contributed by atoms with Gasteiger partial charge in [0.25, 0.3) is 0 Å². The predicted octanol–water partition coefficient (Wildman–Crippen LogP) is 0.842. The Morgan fingerprint density at radius 2 is 2.00 bits per heavy atom. The topological polar surface area (TPSA) is 76.4 Å². The van der Waals surface area contributed by atoms with E-state index in [0.29, 0.717) is 17.5 Å². The Labute approximate surface area is 92.8 Å². The van der Waals surface area contributed by atoms with Crippen LogP contribution in [0, 0.1) is 5.92 Å². The van der Waals surface area contributed by atoms with Crippen LogP contribution in [0.3, 0.4) is 0 Å². The van der Waals surface area contributed by atoms with Crippen LogP contribution >= 0.6 is 0 Å². The number of hydrogen-bond acceptors (Lipinski definition) is 3. The molecule has 0 rings (SSSR count). The Balaban J connectivity index is 4.72. The van der Waals surface area contributed by atoms with Crippen LogP contribution in [0.15, 0.2) is 16.3 Å². The quantitative estimate of drug-likeness (QED) is 0.451. The maximum atomic E-state index is 5.96. The fourth-order valence-electron chi connectivity index (χ4n) is 1.62. The van der Waals surface area contributed by atoms with E-state index in [2.05, 4.69) is 24.2 Å². The molecule has 0 aliphatic carbocycles. The molecule has 0 aliphatic heterocycles. The number of amidine groups is 1. The van der Waals surface area contributed by atoms with Crippen LogP contribution in [0.5, 0.6) is 0 Å². The van der Waals surface area contributed by atoms with Gasteiger partial charge in [0.1, 0.15) is 5.84 Å². The molecule has 0 saturated carbocycles. The second-order valence-electron chi connectivity index (χ2n) is 3.69. The molecule has 15 heavy (non-hydrogen) atoms. The molecular formula is C11H24N4. The van der Waals surface area contributed by atoms with Crippen LogP contribution in [-0.4, -0.2) is 26.5 Å². The second-order valence-corrected chi connectivity index (χ2v) is 3.69. The van der Waals surface area contributed by atoms with Crippen molar-refractivity contribution in [2.75, 3.05) is 20.6 Å². The summed E-state index contributed by atoms with van der Waals surface area (Å²) >= 11 is 0. The van der Waals surface area contributed by atoms with Crippen molar-refractivity contribution >= 4 is 5.84 Å². The van der Waals surface area contributed by atoms with Gasteiger partial charge in [0.2, 0.25) is 0 Å². The van der Waals surface area contributed by atoms with Crippen LogP contribution in [0.25, 0.3) is 0 Å². The predicted molar refractivity (Wildman–Crippen MR) is 66.8 cm³/mol. The lowest BCUT2D eigenvalue weighted by atomic mass is 9.93. The molecule has 4 heteroatoms. The summed E-state index contributed by atoms with van der Waals surface area (Å²) in [5, 5.41) is 3.13. The van der Waals surface area contributed by atoms with Gasteiger partial charge in [0.15, 0.2) is 0 Å². The highest BCUT2D eigenvalue weighted by atomic mass is 14.9. The van der Waals surface area contributed by atoms with Crippen LogP contribution < -0.4 is 16.8 Å². The number of allylic oxidation sites excluding steroid dienone is 1. The molecule has 0 aromatic carbocycles. The molecule has 0 heterocycles. The average molecular weight is 212 g/mol. The summed E-state index contributed by atoms with van der Waals surface area (Å²) in [7, 11) is 3.61. The number of nitrogens with one attached hydrogen (secondary N) is 1. The molecule has 0 bridgehead atoms. The molecule has 0 saturated heterocycles. The SMILES string of the molecule is CC/C(=C(/N)C(N)=NC)C(C)CCNC. The van der Waals surface area contributed by atoms with Crippen molar-refractivity contribution in [3.05, 3.63) is 11.3 Å². The van der Waals surface area contributed by atoms with Gasteiger partial charge < -0.3 is 16.8 Å². The fraction of sp³-hybridized carbons (Fsp3) is 0.727. The molecule has 88 valence electrons. The van der Waals surface area contributed by atoms with Crippen LogP contribution in [0.4, 0.5) is 0 Å². The molecular weight excluding hydrogens is 188 g/mol. The van der Waals surface area contributed by atoms with Crippen LogP contribution in [0.1, 0.15) is 26.7 Å². The zero-order valence-corrected chi connectivity index (χ0v) is 10.3. The Bertz CT molecular complexity index is 243. The minimum absolute atomic E-state index is 0.447. The third-order valence-corrected chi connectivity index (χ3v) is 2.67. The number of aliphatic imine (C=N–C) groups is 1. The largest absolute Gasteiger partial charge is 0.396 e. The summed E-state index contributed by atoms with van der Waals surface area (Å²) < 4.78 is 0. The first-order valence-electron chi connectivity index (χ1n) is 5.44. The molecule has 0 amide bonds. The van der Waals surface area contributed by atoms with Gasteiger partial charge in [-0.15, -0.1) is 0 Å². The minimum atomic E-state index is 0.447. The zero-order chi connectivity index (χ0) is 11.8. The standard InChI is InChI=1S/C11H24N4/c1-5-9(8(2)6-7-14-3)10(12)11(13)15-4/h8,14H,5-7,12H2,1-4H3,(H2,13,15)/b10-9-. The molecule has 1 unspecified atom stereocenters. The van der Waals surface area contributed by atoms with Gasteiger partial charge in [-0.2, -0.15) is 0 Å². The van der Waals surface area contributed by atoms with Crippen molar-refractivity contribution < 1.29 is 0 Å². The lowest BCUT2D eigenvalue weighted by Gasteiger charge is -2.17. The van der Waals surface area contributed by atoms with E-state index < -0.39 is 0 Å². The monoisotopic (exact) mass is 212 g/mol. The Morgan fingerprint density at radius 3 is 2.40 bits per heavy atom. The van der Waals surface area contributed by atoms with E-state index in [1.54, 1.807) is 7.05 Å². The molecule has 0 radical (unpaired) electrons. The first-order chi connectivity index (χ1) is 7.08. The van der Waals surface area contributed by atoms with Gasteiger partial charge in [0, 0.05) is 7.05 Å². The van der Waals surface area contributed by atoms with Crippen molar-refractivity contribution in [1.82, 2.24) is 5.32 Å².